The Bertz CT molecular complexity index is 1350. The maximum atomic E-state index is 12.9. The molecule has 0 atom stereocenters. The van der Waals surface area contributed by atoms with Gasteiger partial charge in [-0.25, -0.2) is 8.42 Å². The van der Waals surface area contributed by atoms with E-state index in [1.165, 1.54) is 36.6 Å². The van der Waals surface area contributed by atoms with Crippen molar-refractivity contribution in [3.63, 3.8) is 0 Å². The molecule has 0 aliphatic carbocycles. The third-order valence-corrected chi connectivity index (χ3v) is 7.51. The molecular weight excluding hydrogens is 444 g/mol. The van der Waals surface area contributed by atoms with E-state index in [0.29, 0.717) is 21.4 Å². The highest BCUT2D eigenvalue weighted by molar-refractivity contribution is 7.92. The number of rotatable bonds is 6. The van der Waals surface area contributed by atoms with Gasteiger partial charge in [-0.15, -0.1) is 10.2 Å². The zero-order valence-electron chi connectivity index (χ0n) is 17.4. The molecule has 0 aliphatic rings. The van der Waals surface area contributed by atoms with Crippen molar-refractivity contribution in [2.24, 2.45) is 0 Å². The molecule has 0 unspecified atom stereocenters. The normalized spacial score (nSPS) is 11.2. The van der Waals surface area contributed by atoms with Gasteiger partial charge in [-0.3, -0.25) is 14.4 Å². The standard InChI is InChI=1S/C23H20N4O3S2/c1-16-11-13-17(14-12-16)22-25-26-23(31-22)24-21(28)18-7-6-8-19(15-18)27(2)32(29,30)20-9-4-3-5-10-20/h3-15H,1-2H3,(H,24,26,28). The maximum Gasteiger partial charge on any atom is 0.264 e. The lowest BCUT2D eigenvalue weighted by Crippen LogP contribution is -2.26. The second-order valence-electron chi connectivity index (χ2n) is 7.07. The average Bonchev–Trinajstić information content (AvgIpc) is 3.28. The molecule has 0 fully saturated rings. The quantitative estimate of drug-likeness (QED) is 0.451. The van der Waals surface area contributed by atoms with E-state index in [0.717, 1.165) is 15.4 Å². The predicted octanol–water partition coefficient (Wildman–Crippen LogP) is 4.59. The lowest BCUT2D eigenvalue weighted by Gasteiger charge is -2.20. The number of benzene rings is 3. The number of carbonyl (C=O) groups is 1. The molecule has 0 bridgehead atoms. The molecule has 4 rings (SSSR count). The van der Waals surface area contributed by atoms with Gasteiger partial charge < -0.3 is 0 Å². The van der Waals surface area contributed by atoms with Crippen molar-refractivity contribution in [3.8, 4) is 10.6 Å². The number of sulfonamides is 1. The van der Waals surface area contributed by atoms with Crippen LogP contribution in [0.2, 0.25) is 0 Å². The summed E-state index contributed by atoms with van der Waals surface area (Å²) in [5, 5.41) is 12.0. The molecule has 32 heavy (non-hydrogen) atoms. The average molecular weight is 465 g/mol. The number of nitrogens with zero attached hydrogens (tertiary/aromatic N) is 3. The van der Waals surface area contributed by atoms with Crippen molar-refractivity contribution in [1.29, 1.82) is 0 Å². The third-order valence-electron chi connectivity index (χ3n) is 4.82. The Labute approximate surface area is 190 Å². The molecule has 1 amide bonds. The van der Waals surface area contributed by atoms with Gasteiger partial charge in [-0.05, 0) is 37.3 Å². The zero-order valence-corrected chi connectivity index (χ0v) is 19.0. The van der Waals surface area contributed by atoms with E-state index in [1.54, 1.807) is 36.4 Å². The minimum Gasteiger partial charge on any atom is -0.296 e. The second kappa shape index (κ2) is 8.89. The molecule has 1 aromatic heterocycles. The van der Waals surface area contributed by atoms with Crippen LogP contribution in [0, 0.1) is 6.92 Å². The van der Waals surface area contributed by atoms with Crippen LogP contribution in [0.1, 0.15) is 15.9 Å². The first-order valence-corrected chi connectivity index (χ1v) is 12.0. The van der Waals surface area contributed by atoms with E-state index in [-0.39, 0.29) is 4.90 Å². The first kappa shape index (κ1) is 21.7. The van der Waals surface area contributed by atoms with E-state index >= 15 is 0 Å². The van der Waals surface area contributed by atoms with Gasteiger partial charge in [0.05, 0.1) is 10.6 Å². The van der Waals surface area contributed by atoms with Crippen LogP contribution in [0.5, 0.6) is 0 Å². The van der Waals surface area contributed by atoms with Crippen LogP contribution in [-0.2, 0) is 10.0 Å². The number of aromatic nitrogens is 2. The van der Waals surface area contributed by atoms with E-state index in [1.807, 2.05) is 31.2 Å². The number of aryl methyl sites for hydroxylation is 1. The first-order valence-electron chi connectivity index (χ1n) is 9.70. The molecule has 0 saturated heterocycles. The van der Waals surface area contributed by atoms with Gasteiger partial charge in [-0.1, -0.05) is 65.4 Å². The number of hydrogen-bond donors (Lipinski definition) is 1. The number of hydrogen-bond acceptors (Lipinski definition) is 6. The molecule has 1 heterocycles. The van der Waals surface area contributed by atoms with Crippen molar-refractivity contribution in [2.75, 3.05) is 16.7 Å². The highest BCUT2D eigenvalue weighted by Gasteiger charge is 2.22. The molecule has 9 heteroatoms. The van der Waals surface area contributed by atoms with Crippen molar-refractivity contribution in [3.05, 3.63) is 90.0 Å². The van der Waals surface area contributed by atoms with Crippen molar-refractivity contribution >= 4 is 38.1 Å². The Morgan fingerprint density at radius 1 is 0.938 bits per heavy atom. The van der Waals surface area contributed by atoms with Crippen LogP contribution in [0.3, 0.4) is 0 Å². The zero-order chi connectivity index (χ0) is 22.7. The summed E-state index contributed by atoms with van der Waals surface area (Å²) in [6.45, 7) is 2.01. The van der Waals surface area contributed by atoms with Crippen LogP contribution in [0.25, 0.3) is 10.6 Å². The van der Waals surface area contributed by atoms with Gasteiger partial charge in [-0.2, -0.15) is 0 Å². The molecule has 3 aromatic carbocycles. The van der Waals surface area contributed by atoms with Crippen LogP contribution in [0.4, 0.5) is 10.8 Å². The summed E-state index contributed by atoms with van der Waals surface area (Å²) < 4.78 is 26.9. The van der Waals surface area contributed by atoms with Crippen molar-refractivity contribution in [1.82, 2.24) is 10.2 Å². The molecule has 0 spiro atoms. The summed E-state index contributed by atoms with van der Waals surface area (Å²) in [4.78, 5) is 12.9. The minimum absolute atomic E-state index is 0.176. The van der Waals surface area contributed by atoms with Crippen molar-refractivity contribution in [2.45, 2.75) is 11.8 Å². The lowest BCUT2D eigenvalue weighted by molar-refractivity contribution is 0.102. The van der Waals surface area contributed by atoms with Crippen LogP contribution in [0.15, 0.2) is 83.8 Å². The Hall–Kier alpha value is -3.56. The summed E-state index contributed by atoms with van der Waals surface area (Å²) in [5.74, 6) is -0.399. The summed E-state index contributed by atoms with van der Waals surface area (Å²) in [6.07, 6.45) is 0. The summed E-state index contributed by atoms with van der Waals surface area (Å²) in [5.41, 5.74) is 2.75. The lowest BCUT2D eigenvalue weighted by atomic mass is 10.2. The monoisotopic (exact) mass is 464 g/mol. The molecule has 7 nitrogen and oxygen atoms in total. The smallest absolute Gasteiger partial charge is 0.264 e. The van der Waals surface area contributed by atoms with E-state index < -0.39 is 15.9 Å². The van der Waals surface area contributed by atoms with Gasteiger partial charge in [0.1, 0.15) is 5.01 Å². The van der Waals surface area contributed by atoms with Crippen LogP contribution < -0.4 is 9.62 Å². The molecule has 1 N–H and O–H groups in total. The summed E-state index contributed by atoms with van der Waals surface area (Å²) in [7, 11) is -2.29. The molecule has 162 valence electrons. The topological polar surface area (TPSA) is 92.3 Å². The number of amides is 1. The Balaban J connectivity index is 1.52. The van der Waals surface area contributed by atoms with E-state index in [9.17, 15) is 13.2 Å². The molecule has 0 aliphatic heterocycles. The Morgan fingerprint density at radius 2 is 1.66 bits per heavy atom. The highest BCUT2D eigenvalue weighted by Crippen LogP contribution is 2.27. The van der Waals surface area contributed by atoms with Gasteiger partial charge >= 0.3 is 0 Å². The summed E-state index contributed by atoms with van der Waals surface area (Å²) in [6, 6.07) is 22.4. The first-order chi connectivity index (χ1) is 15.3. The molecular formula is C23H20N4O3S2. The molecule has 0 saturated carbocycles. The van der Waals surface area contributed by atoms with Gasteiger partial charge in [0.2, 0.25) is 5.13 Å². The Kier molecular flexibility index (Phi) is 6.02. The van der Waals surface area contributed by atoms with Crippen LogP contribution in [-0.4, -0.2) is 31.6 Å². The fourth-order valence-electron chi connectivity index (χ4n) is 2.99. The fourth-order valence-corrected chi connectivity index (χ4v) is 4.94. The largest absolute Gasteiger partial charge is 0.296 e. The number of nitrogens with one attached hydrogen (secondary N) is 1. The van der Waals surface area contributed by atoms with E-state index in [4.69, 9.17) is 0 Å². The highest BCUT2D eigenvalue weighted by atomic mass is 32.2. The number of anilines is 2. The number of carbonyl (C=O) groups excluding carboxylic acids is 1. The molecule has 4 aromatic rings. The second-order valence-corrected chi connectivity index (χ2v) is 10.0. The maximum absolute atomic E-state index is 12.9. The van der Waals surface area contributed by atoms with Crippen LogP contribution >= 0.6 is 11.3 Å². The van der Waals surface area contributed by atoms with E-state index in [2.05, 4.69) is 15.5 Å². The SMILES string of the molecule is Cc1ccc(-c2nnc(NC(=O)c3cccc(N(C)S(=O)(=O)c4ccccc4)c3)s2)cc1. The van der Waals surface area contributed by atoms with Gasteiger partial charge in [0, 0.05) is 18.2 Å². The van der Waals surface area contributed by atoms with Crippen molar-refractivity contribution < 1.29 is 13.2 Å². The third kappa shape index (κ3) is 4.53. The van der Waals surface area contributed by atoms with Gasteiger partial charge in [0.25, 0.3) is 15.9 Å². The molecule has 0 radical (unpaired) electrons. The Morgan fingerprint density at radius 3 is 2.38 bits per heavy atom. The fraction of sp³-hybridized carbons (Fsp3) is 0.0870. The summed E-state index contributed by atoms with van der Waals surface area (Å²) >= 11 is 1.27. The van der Waals surface area contributed by atoms with Gasteiger partial charge in [0.15, 0.2) is 0 Å². The predicted molar refractivity (Wildman–Crippen MR) is 127 cm³/mol. The minimum atomic E-state index is -3.74.